The van der Waals surface area contributed by atoms with Gasteiger partial charge in [-0.2, -0.15) is 10.2 Å². The van der Waals surface area contributed by atoms with E-state index in [0.29, 0.717) is 37.4 Å². The molecule has 8 N–H and O–H groups in total. The van der Waals surface area contributed by atoms with Crippen LogP contribution >= 0.6 is 0 Å². The Morgan fingerprint density at radius 1 is 0.490 bits per heavy atom. The molecule has 0 spiro atoms. The van der Waals surface area contributed by atoms with Crippen molar-refractivity contribution in [1.82, 2.24) is 64.3 Å². The SMILES string of the molecule is CNc1cc(C(=O)N(C)C)cc(C)n1.CNc1cc(C(=O)N2CCCC2)cc(C)n1.CNc1cc(C(=O)N2CCCC2)ccn1.CNc1cc(C(=O)N2CCOCC2)cc(C)n1.CNc1cc(C(C)(C)C)on1.CNc1cc(C2CC2)nn1C.CNc1cc(C2CC2)nn1C.CNc1ccoc1. The van der Waals surface area contributed by atoms with Crippen molar-refractivity contribution < 1.29 is 32.9 Å². The van der Waals surface area contributed by atoms with Crippen molar-refractivity contribution in [3.63, 3.8) is 0 Å². The molecular weight excluding hydrogens is 1290 g/mol. The average molecular weight is 1410 g/mol. The molecule has 0 radical (unpaired) electrons. The summed E-state index contributed by atoms with van der Waals surface area (Å²) >= 11 is 0. The number of aryl methyl sites for hydroxylation is 5. The van der Waals surface area contributed by atoms with Crippen LogP contribution in [-0.4, -0.2) is 211 Å². The Kier molecular flexibility index (Phi) is 31.9. The Bertz CT molecular complexity index is 3810. The first-order chi connectivity index (χ1) is 48.8. The highest BCUT2D eigenvalue weighted by atomic mass is 16.5. The fraction of sp³-hybridized carbons (Fsp3) is 0.500. The van der Waals surface area contributed by atoms with Crippen LogP contribution in [0.1, 0.15) is 160 Å². The van der Waals surface area contributed by atoms with Crippen molar-refractivity contribution in [1.29, 1.82) is 0 Å². The maximum Gasteiger partial charge on any atom is 0.254 e. The van der Waals surface area contributed by atoms with Gasteiger partial charge in [0.25, 0.3) is 23.6 Å². The molecule has 8 aromatic rings. The number of hydrogen-bond acceptors (Lipinski definition) is 22. The van der Waals surface area contributed by atoms with Crippen molar-refractivity contribution in [2.24, 2.45) is 14.1 Å². The van der Waals surface area contributed by atoms with Crippen LogP contribution in [0, 0.1) is 20.8 Å². The Hall–Kier alpha value is -10.2. The van der Waals surface area contributed by atoms with Crippen molar-refractivity contribution in [3.8, 4) is 0 Å². The minimum Gasteiger partial charge on any atom is -0.470 e. The number of rotatable bonds is 14. The molecule has 0 unspecified atom stereocenters. The van der Waals surface area contributed by atoms with Gasteiger partial charge < -0.3 is 75.8 Å². The number of furan rings is 1. The van der Waals surface area contributed by atoms with Crippen molar-refractivity contribution >= 4 is 70.0 Å². The largest absolute Gasteiger partial charge is 0.470 e. The average Bonchev–Trinajstić information content (AvgIpc) is 1.66. The monoisotopic (exact) mass is 1410 g/mol. The summed E-state index contributed by atoms with van der Waals surface area (Å²) in [6.45, 7) is 18.0. The van der Waals surface area contributed by atoms with Gasteiger partial charge in [0.05, 0.1) is 36.6 Å². The van der Waals surface area contributed by atoms with Gasteiger partial charge in [0.2, 0.25) is 0 Å². The molecule has 3 saturated heterocycles. The molecule has 102 heavy (non-hydrogen) atoms. The van der Waals surface area contributed by atoms with E-state index in [-0.39, 0.29) is 29.0 Å². The first-order valence-electron chi connectivity index (χ1n) is 34.9. The fourth-order valence-corrected chi connectivity index (χ4v) is 10.6. The zero-order valence-corrected chi connectivity index (χ0v) is 63.3. The van der Waals surface area contributed by atoms with Gasteiger partial charge >= 0.3 is 0 Å². The van der Waals surface area contributed by atoms with E-state index in [4.69, 9.17) is 13.7 Å². The molecule has 554 valence electrons. The number of ether oxygens (including phenoxy) is 1. The molecule has 28 nitrogen and oxygen atoms in total. The highest BCUT2D eigenvalue weighted by Gasteiger charge is 2.28. The lowest BCUT2D eigenvalue weighted by molar-refractivity contribution is 0.0302. The smallest absolute Gasteiger partial charge is 0.254 e. The van der Waals surface area contributed by atoms with Gasteiger partial charge in [-0.1, -0.05) is 25.9 Å². The Labute approximate surface area is 602 Å². The molecule has 8 aromatic heterocycles. The lowest BCUT2D eigenvalue weighted by atomic mass is 9.93. The number of morpholine rings is 1. The van der Waals surface area contributed by atoms with Crippen LogP contribution in [-0.2, 0) is 24.2 Å². The summed E-state index contributed by atoms with van der Waals surface area (Å²) in [7, 11) is 22.1. The van der Waals surface area contributed by atoms with E-state index in [1.165, 1.54) is 37.1 Å². The number of hydrogen-bond donors (Lipinski definition) is 8. The molecule has 0 bridgehead atoms. The number of likely N-dealkylation sites (tertiary alicyclic amines) is 2. The van der Waals surface area contributed by atoms with Crippen LogP contribution < -0.4 is 42.5 Å². The van der Waals surface area contributed by atoms with Gasteiger partial charge in [-0.05, 0) is 127 Å². The lowest BCUT2D eigenvalue weighted by Crippen LogP contribution is -2.40. The van der Waals surface area contributed by atoms with Crippen molar-refractivity contribution in [2.75, 3.05) is 165 Å². The Morgan fingerprint density at radius 2 is 0.902 bits per heavy atom. The molecule has 3 aliphatic heterocycles. The molecule has 11 heterocycles. The number of anilines is 8. The summed E-state index contributed by atoms with van der Waals surface area (Å²) in [6, 6.07) is 22.4. The van der Waals surface area contributed by atoms with Gasteiger partial charge in [-0.25, -0.2) is 19.9 Å². The number of amides is 4. The molecule has 28 heteroatoms. The van der Waals surface area contributed by atoms with Crippen molar-refractivity contribution in [2.45, 2.75) is 110 Å². The third-order valence-electron chi connectivity index (χ3n) is 16.7. The van der Waals surface area contributed by atoms with Crippen LogP contribution in [0.25, 0.3) is 0 Å². The summed E-state index contributed by atoms with van der Waals surface area (Å²) in [4.78, 5) is 72.0. The predicted octanol–water partition coefficient (Wildman–Crippen LogP) is 11.1. The number of carbonyl (C=O) groups excluding carboxylic acids is 4. The topological polar surface area (TPSA) is 313 Å². The number of pyridine rings is 4. The highest BCUT2D eigenvalue weighted by molar-refractivity contribution is 5.97. The second-order valence-electron chi connectivity index (χ2n) is 26.2. The first-order valence-corrected chi connectivity index (χ1v) is 34.9. The van der Waals surface area contributed by atoms with Crippen LogP contribution in [0.4, 0.5) is 46.4 Å². The Balaban J connectivity index is 0.000000185. The zero-order chi connectivity index (χ0) is 74.5. The Morgan fingerprint density at radius 3 is 1.25 bits per heavy atom. The minimum absolute atomic E-state index is 0.00741. The van der Waals surface area contributed by atoms with E-state index in [0.717, 1.165) is 144 Å². The second kappa shape index (κ2) is 40.3. The van der Waals surface area contributed by atoms with E-state index in [9.17, 15) is 19.2 Å². The first kappa shape index (κ1) is 80.7. The van der Waals surface area contributed by atoms with Crippen LogP contribution in [0.5, 0.6) is 0 Å². The summed E-state index contributed by atoms with van der Waals surface area (Å²) < 4.78 is 18.9. The van der Waals surface area contributed by atoms with Gasteiger partial charge in [-0.15, -0.1) is 0 Å². The molecule has 4 amide bonds. The van der Waals surface area contributed by atoms with E-state index in [2.05, 4.69) is 111 Å². The van der Waals surface area contributed by atoms with E-state index in [1.54, 1.807) is 89.2 Å². The van der Waals surface area contributed by atoms with Crippen molar-refractivity contribution in [3.05, 3.63) is 148 Å². The minimum atomic E-state index is -0.00741. The molecule has 2 aliphatic carbocycles. The number of aromatic nitrogens is 9. The van der Waals surface area contributed by atoms with E-state index < -0.39 is 0 Å². The van der Waals surface area contributed by atoms with Crippen LogP contribution in [0.2, 0.25) is 0 Å². The normalized spacial score (nSPS) is 14.1. The third kappa shape index (κ3) is 25.7. The maximum atomic E-state index is 12.2. The molecule has 2 saturated carbocycles. The van der Waals surface area contributed by atoms with Gasteiger partial charge in [0.1, 0.15) is 46.9 Å². The van der Waals surface area contributed by atoms with Gasteiger partial charge in [0.15, 0.2) is 5.82 Å². The molecule has 13 rings (SSSR count). The molecule has 5 aliphatic rings. The molecular formula is C74H111N21O7. The molecule has 5 fully saturated rings. The lowest BCUT2D eigenvalue weighted by Gasteiger charge is -2.27. The predicted molar refractivity (Wildman–Crippen MR) is 407 cm³/mol. The summed E-state index contributed by atoms with van der Waals surface area (Å²) in [5, 5.41) is 36.4. The summed E-state index contributed by atoms with van der Waals surface area (Å²) in [6.07, 6.45) is 14.7. The second-order valence-corrected chi connectivity index (χ2v) is 26.2. The van der Waals surface area contributed by atoms with Gasteiger partial charge in [0, 0.05) is 205 Å². The van der Waals surface area contributed by atoms with Crippen LogP contribution in [0.3, 0.4) is 0 Å². The standard InChI is InChI=1S/C12H17N3O2.C12H17N3O.C11H15N3O.C10H15N3O.2C8H13N3.C8H14N2O.C5H7NO/c1-9-7-10(8-11(13-2)14-9)12(16)15-3-5-17-6-4-15;1-9-7-10(8-11(13-2)14-9)12(16)15-5-3-4-6-15;1-12-10-8-9(4-5-13-10)11(15)14-6-2-3-7-14;1-7-5-8(10(14)13(3)4)6-9(11-2)12-7;2*1-9-8-5-7(6-3-4-6)10-11(8)2;1-8(2,3)6-5-7(9-4)10-11-6;1-6-5-2-3-7-4-5/h7-8H,3-6H2,1-2H3,(H,13,14);7-8H,3-6H2,1-2H3,(H,13,14);4-5,8H,2-3,6-7H2,1H3,(H,12,13);5-6H,1-4H3,(H,11,12);2*5-6,9H,3-4H2,1-2H3;5H,1-4H3,(H,9,10);2-4,6H,1H3. The van der Waals surface area contributed by atoms with Gasteiger partial charge in [-0.3, -0.25) is 28.5 Å². The maximum absolute atomic E-state index is 12.2. The van der Waals surface area contributed by atoms with E-state index >= 15 is 0 Å². The quantitative estimate of drug-likeness (QED) is 0.0501. The fourth-order valence-electron chi connectivity index (χ4n) is 10.6. The summed E-state index contributed by atoms with van der Waals surface area (Å²) in [5.74, 6) is 8.62. The van der Waals surface area contributed by atoms with E-state index in [1.807, 2.05) is 125 Å². The van der Waals surface area contributed by atoms with Crippen LogP contribution in [0.15, 0.2) is 100 Å². The summed E-state index contributed by atoms with van der Waals surface area (Å²) in [5.41, 5.74) is 8.89. The molecule has 0 aromatic carbocycles. The zero-order valence-electron chi connectivity index (χ0n) is 63.3. The molecule has 0 atom stereocenters. The number of nitrogens with zero attached hydrogens (tertiary/aromatic N) is 13. The number of carbonyl (C=O) groups is 4. The highest BCUT2D eigenvalue weighted by Crippen LogP contribution is 2.40. The number of nitrogens with one attached hydrogen (secondary N) is 8. The third-order valence-corrected chi connectivity index (χ3v) is 16.7.